The van der Waals surface area contributed by atoms with Crippen molar-refractivity contribution in [2.24, 2.45) is 5.92 Å². The molecular formula is C42H60N4O6. The predicted molar refractivity (Wildman–Crippen MR) is 208 cm³/mol. The number of aromatic hydroxyl groups is 2. The van der Waals surface area contributed by atoms with Crippen molar-refractivity contribution in [2.45, 2.75) is 56.8 Å². The monoisotopic (exact) mass is 716 g/mol. The van der Waals surface area contributed by atoms with Crippen LogP contribution in [-0.4, -0.2) is 113 Å². The topological polar surface area (TPSA) is 124 Å². The first kappa shape index (κ1) is 40.8. The van der Waals surface area contributed by atoms with E-state index in [1.54, 1.807) is 13.1 Å². The highest BCUT2D eigenvalue weighted by molar-refractivity contribution is 5.69. The highest BCUT2D eigenvalue weighted by Gasteiger charge is 2.39. The maximum absolute atomic E-state index is 10.7. The number of benzene rings is 3. The quantitative estimate of drug-likeness (QED) is 0.0685. The minimum atomic E-state index is -0.160. The molecule has 10 nitrogen and oxygen atoms in total. The molecule has 10 heteroatoms. The van der Waals surface area contributed by atoms with Gasteiger partial charge in [-0.2, -0.15) is 0 Å². The number of rotatable bonds is 20. The smallest absolute Gasteiger partial charge is 0.157 e. The summed E-state index contributed by atoms with van der Waals surface area (Å²) in [7, 11) is 6.06. The summed E-state index contributed by atoms with van der Waals surface area (Å²) in [4.78, 5) is 25.7. The molecule has 284 valence electrons. The van der Waals surface area contributed by atoms with E-state index in [2.05, 4.69) is 64.9 Å². The average Bonchev–Trinajstić information content (AvgIpc) is 3.14. The van der Waals surface area contributed by atoms with Crippen molar-refractivity contribution in [3.8, 4) is 17.2 Å². The van der Waals surface area contributed by atoms with E-state index in [0.29, 0.717) is 43.1 Å². The van der Waals surface area contributed by atoms with Gasteiger partial charge in [-0.05, 0) is 107 Å². The van der Waals surface area contributed by atoms with E-state index in [9.17, 15) is 19.8 Å². The second kappa shape index (κ2) is 21.5. The van der Waals surface area contributed by atoms with Crippen molar-refractivity contribution >= 4 is 18.3 Å². The van der Waals surface area contributed by atoms with Crippen LogP contribution in [0.3, 0.4) is 0 Å². The summed E-state index contributed by atoms with van der Waals surface area (Å²) in [5.41, 5.74) is 4.79. The summed E-state index contributed by atoms with van der Waals surface area (Å²) in [6.07, 6.45) is 9.71. The van der Waals surface area contributed by atoms with Gasteiger partial charge < -0.3 is 44.9 Å². The Morgan fingerprint density at radius 2 is 1.69 bits per heavy atom. The lowest BCUT2D eigenvalue weighted by Crippen LogP contribution is -2.41. The molecule has 3 aromatic carbocycles. The van der Waals surface area contributed by atoms with Gasteiger partial charge in [-0.25, -0.2) is 0 Å². The number of nitrogens with one attached hydrogen (secondary N) is 2. The molecule has 0 atom stereocenters. The van der Waals surface area contributed by atoms with Gasteiger partial charge in [-0.1, -0.05) is 55.0 Å². The van der Waals surface area contributed by atoms with Gasteiger partial charge in [0.25, 0.3) is 0 Å². The molecule has 1 saturated heterocycles. The van der Waals surface area contributed by atoms with Gasteiger partial charge in [0.1, 0.15) is 35.8 Å². The first-order chi connectivity index (χ1) is 25.3. The number of aldehydes is 2. The zero-order chi connectivity index (χ0) is 37.2. The van der Waals surface area contributed by atoms with Crippen LogP contribution < -0.4 is 15.4 Å². The number of ether oxygens (including phenoxy) is 2. The molecule has 1 aliphatic heterocycles. The molecule has 1 saturated carbocycles. The molecule has 0 unspecified atom stereocenters. The summed E-state index contributed by atoms with van der Waals surface area (Å²) in [6.45, 7) is 7.06. The molecule has 0 aromatic heterocycles. The van der Waals surface area contributed by atoms with E-state index < -0.39 is 0 Å². The number of hydrogen-bond donors (Lipinski definition) is 4. The maximum atomic E-state index is 10.7. The largest absolute Gasteiger partial charge is 0.508 e. The van der Waals surface area contributed by atoms with Crippen LogP contribution in [0.15, 0.2) is 60.7 Å². The number of carbonyl (C=O) groups excluding carboxylic acids is 2. The molecule has 0 amide bonds. The SMILES string of the molecule is CN1CCC(c2ccccc2)(c2cc(CCOCCC=O)ccc2O)CC1.CNc1c(O)ccc(CCNCCN(C)CC2CCC2)c1OCC=O. The van der Waals surface area contributed by atoms with Crippen LogP contribution in [0.4, 0.5) is 5.69 Å². The molecule has 3 aromatic rings. The minimum Gasteiger partial charge on any atom is -0.508 e. The van der Waals surface area contributed by atoms with E-state index in [1.165, 1.54) is 31.4 Å². The average molecular weight is 717 g/mol. The molecule has 2 aliphatic rings. The van der Waals surface area contributed by atoms with Gasteiger partial charge in [0.05, 0.1) is 13.2 Å². The van der Waals surface area contributed by atoms with Crippen molar-refractivity contribution in [3.63, 3.8) is 0 Å². The van der Waals surface area contributed by atoms with Gasteiger partial charge in [-0.15, -0.1) is 0 Å². The van der Waals surface area contributed by atoms with Crippen LogP contribution in [0.2, 0.25) is 0 Å². The molecule has 0 bridgehead atoms. The third-order valence-electron chi connectivity index (χ3n) is 10.5. The number of phenols is 2. The molecule has 1 heterocycles. The standard InChI is InChI=1S/C23H29NO3.C19H31N3O3/c1-24-13-11-23(12-14-24,20-6-3-2-4-7-20)21-18-19(8-9-22(21)26)10-17-27-16-5-15-25;1-20-18-17(24)7-6-16(19(18)25-13-12-23)8-9-21-10-11-22(2)14-15-4-3-5-15/h2-4,6-9,15,18,26H,5,10-14,16-17H2,1H3;6-7,12,15,20-21,24H,3-5,8-11,13-14H2,1-2H3. The van der Waals surface area contributed by atoms with Crippen LogP contribution in [0.25, 0.3) is 0 Å². The minimum absolute atomic E-state index is 0.0233. The second-order valence-electron chi connectivity index (χ2n) is 14.2. The van der Waals surface area contributed by atoms with Crippen LogP contribution in [0.5, 0.6) is 17.2 Å². The summed E-state index contributed by atoms with van der Waals surface area (Å²) in [5, 5.41) is 27.1. The third-order valence-corrected chi connectivity index (χ3v) is 10.5. The van der Waals surface area contributed by atoms with Crippen LogP contribution in [-0.2, 0) is 32.6 Å². The van der Waals surface area contributed by atoms with E-state index in [4.69, 9.17) is 9.47 Å². The molecule has 2 fully saturated rings. The summed E-state index contributed by atoms with van der Waals surface area (Å²) >= 11 is 0. The summed E-state index contributed by atoms with van der Waals surface area (Å²) in [5.74, 6) is 1.95. The molecule has 0 spiro atoms. The Hall–Kier alpha value is -3.96. The fraction of sp³-hybridized carbons (Fsp3) is 0.524. The normalized spacial score (nSPS) is 15.7. The number of hydrogen-bond acceptors (Lipinski definition) is 10. The highest BCUT2D eigenvalue weighted by atomic mass is 16.5. The van der Waals surface area contributed by atoms with Crippen LogP contribution in [0, 0.1) is 5.92 Å². The Balaban J connectivity index is 0.000000234. The second-order valence-corrected chi connectivity index (χ2v) is 14.2. The van der Waals surface area contributed by atoms with Crippen molar-refractivity contribution in [1.29, 1.82) is 0 Å². The van der Waals surface area contributed by atoms with Crippen molar-refractivity contribution in [1.82, 2.24) is 15.1 Å². The van der Waals surface area contributed by atoms with Gasteiger partial charge in [0, 0.05) is 44.1 Å². The van der Waals surface area contributed by atoms with Crippen LogP contribution in [0.1, 0.15) is 60.8 Å². The summed E-state index contributed by atoms with van der Waals surface area (Å²) in [6, 6.07) is 20.0. The van der Waals surface area contributed by atoms with E-state index >= 15 is 0 Å². The fourth-order valence-corrected chi connectivity index (χ4v) is 7.18. The highest BCUT2D eigenvalue weighted by Crippen LogP contribution is 2.45. The van der Waals surface area contributed by atoms with Crippen LogP contribution >= 0.6 is 0 Å². The molecular weight excluding hydrogens is 656 g/mol. The van der Waals surface area contributed by atoms with Crippen molar-refractivity contribution in [2.75, 3.05) is 85.5 Å². The lowest BCUT2D eigenvalue weighted by atomic mass is 9.67. The Labute approximate surface area is 310 Å². The van der Waals surface area contributed by atoms with E-state index in [0.717, 1.165) is 87.3 Å². The Morgan fingerprint density at radius 3 is 2.37 bits per heavy atom. The van der Waals surface area contributed by atoms with Gasteiger partial charge in [0.2, 0.25) is 0 Å². The van der Waals surface area contributed by atoms with E-state index in [1.807, 2.05) is 24.3 Å². The van der Waals surface area contributed by atoms with E-state index in [-0.39, 0.29) is 17.8 Å². The van der Waals surface area contributed by atoms with Crippen molar-refractivity contribution in [3.05, 3.63) is 82.9 Å². The Bertz CT molecular complexity index is 1510. The number of anilines is 1. The molecule has 5 rings (SSSR count). The number of likely N-dealkylation sites (N-methyl/N-ethyl adjacent to an activating group) is 1. The summed E-state index contributed by atoms with van der Waals surface area (Å²) < 4.78 is 11.0. The number of carbonyl (C=O) groups is 2. The molecule has 1 aliphatic carbocycles. The first-order valence-corrected chi connectivity index (χ1v) is 18.9. The van der Waals surface area contributed by atoms with Gasteiger partial charge >= 0.3 is 0 Å². The third kappa shape index (κ3) is 11.8. The Kier molecular flexibility index (Phi) is 16.9. The zero-order valence-electron chi connectivity index (χ0n) is 31.4. The predicted octanol–water partition coefficient (Wildman–Crippen LogP) is 5.43. The molecule has 0 radical (unpaired) electrons. The van der Waals surface area contributed by atoms with Gasteiger partial charge in [-0.3, -0.25) is 4.79 Å². The first-order valence-electron chi connectivity index (χ1n) is 18.9. The van der Waals surface area contributed by atoms with Gasteiger partial charge in [0.15, 0.2) is 6.29 Å². The maximum Gasteiger partial charge on any atom is 0.157 e. The lowest BCUT2D eigenvalue weighted by Gasteiger charge is -2.42. The molecule has 4 N–H and O–H groups in total. The Morgan fingerprint density at radius 1 is 0.942 bits per heavy atom. The number of likely N-dealkylation sites (tertiary alicyclic amines) is 1. The number of phenolic OH excluding ortho intramolecular Hbond substituents is 2. The number of piperidine rings is 1. The lowest BCUT2D eigenvalue weighted by molar-refractivity contribution is -0.110. The van der Waals surface area contributed by atoms with Crippen molar-refractivity contribution < 1.29 is 29.3 Å². The molecule has 52 heavy (non-hydrogen) atoms. The number of nitrogens with zero attached hydrogens (tertiary/aromatic N) is 2. The fourth-order valence-electron chi connectivity index (χ4n) is 7.18. The zero-order valence-corrected chi connectivity index (χ0v) is 31.4.